The minimum Gasteiger partial charge on any atom is -0.486 e. The van der Waals surface area contributed by atoms with Crippen LogP contribution in [0.4, 0.5) is 0 Å². The quantitative estimate of drug-likeness (QED) is 0.679. The predicted octanol–water partition coefficient (Wildman–Crippen LogP) is 5.99. The molecule has 0 saturated heterocycles. The average molecular weight is 364 g/mol. The number of hydrogen-bond donors (Lipinski definition) is 1. The second-order valence-electron chi connectivity index (χ2n) is 6.38. The second kappa shape index (κ2) is 8.75. The molecule has 3 rings (SSSR count). The molecule has 0 aliphatic heterocycles. The van der Waals surface area contributed by atoms with Crippen molar-refractivity contribution < 1.29 is 4.74 Å². The van der Waals surface area contributed by atoms with E-state index in [0.717, 1.165) is 17.7 Å². The van der Waals surface area contributed by atoms with Gasteiger partial charge in [-0.15, -0.1) is 0 Å². The van der Waals surface area contributed by atoms with Gasteiger partial charge >= 0.3 is 0 Å². The van der Waals surface area contributed by atoms with Gasteiger partial charge < -0.3 is 10.1 Å². The summed E-state index contributed by atoms with van der Waals surface area (Å²) >= 11 is 12.8. The number of hydrogen-bond acceptors (Lipinski definition) is 2. The van der Waals surface area contributed by atoms with Crippen molar-refractivity contribution in [3.63, 3.8) is 0 Å². The summed E-state index contributed by atoms with van der Waals surface area (Å²) in [6, 6.07) is 14.5. The van der Waals surface area contributed by atoms with E-state index in [4.69, 9.17) is 27.9 Å². The summed E-state index contributed by atoms with van der Waals surface area (Å²) in [5.74, 6) is 0.559. The molecule has 0 unspecified atom stereocenters. The van der Waals surface area contributed by atoms with Gasteiger partial charge in [-0.05, 0) is 36.1 Å². The highest BCUT2D eigenvalue weighted by Gasteiger charge is 2.14. The van der Waals surface area contributed by atoms with Crippen molar-refractivity contribution in [3.05, 3.63) is 63.6 Å². The fourth-order valence-electron chi connectivity index (χ4n) is 3.15. The van der Waals surface area contributed by atoms with E-state index in [2.05, 4.69) is 5.32 Å². The molecule has 0 bridgehead atoms. The summed E-state index contributed by atoms with van der Waals surface area (Å²) in [5.41, 5.74) is 2.19. The zero-order chi connectivity index (χ0) is 16.8. The minimum absolute atomic E-state index is 0.458. The first kappa shape index (κ1) is 17.6. The molecule has 2 nitrogen and oxygen atoms in total. The summed E-state index contributed by atoms with van der Waals surface area (Å²) in [5, 5.41) is 4.75. The molecule has 1 saturated carbocycles. The number of rotatable bonds is 6. The van der Waals surface area contributed by atoms with E-state index in [1.165, 1.54) is 32.1 Å². The molecule has 4 heteroatoms. The van der Waals surface area contributed by atoms with Gasteiger partial charge in [-0.25, -0.2) is 0 Å². The highest BCUT2D eigenvalue weighted by molar-refractivity contribution is 6.37. The van der Waals surface area contributed by atoms with Gasteiger partial charge in [0.2, 0.25) is 0 Å². The van der Waals surface area contributed by atoms with Gasteiger partial charge in [0.25, 0.3) is 0 Å². The second-order valence-corrected chi connectivity index (χ2v) is 7.19. The highest BCUT2D eigenvalue weighted by atomic mass is 35.5. The molecule has 1 N–H and O–H groups in total. The van der Waals surface area contributed by atoms with E-state index in [-0.39, 0.29) is 0 Å². The molecule has 0 aromatic heterocycles. The van der Waals surface area contributed by atoms with Crippen LogP contribution >= 0.6 is 23.2 Å². The van der Waals surface area contributed by atoms with Gasteiger partial charge in [0.15, 0.2) is 5.75 Å². The van der Waals surface area contributed by atoms with Crippen molar-refractivity contribution in [1.29, 1.82) is 0 Å². The molecule has 0 radical (unpaired) electrons. The van der Waals surface area contributed by atoms with Gasteiger partial charge in [0, 0.05) is 12.6 Å². The Morgan fingerprint density at radius 1 is 0.917 bits per heavy atom. The van der Waals surface area contributed by atoms with Crippen LogP contribution in [0.15, 0.2) is 42.5 Å². The molecule has 0 atom stereocenters. The molecular formula is C20H23Cl2NO. The van der Waals surface area contributed by atoms with Crippen molar-refractivity contribution >= 4 is 23.2 Å². The molecule has 2 aromatic rings. The summed E-state index contributed by atoms with van der Waals surface area (Å²) in [4.78, 5) is 0. The molecule has 2 aromatic carbocycles. The van der Waals surface area contributed by atoms with Gasteiger partial charge in [0.05, 0.1) is 10.0 Å². The maximum Gasteiger partial charge on any atom is 0.156 e. The van der Waals surface area contributed by atoms with Crippen molar-refractivity contribution in [2.75, 3.05) is 0 Å². The van der Waals surface area contributed by atoms with Crippen LogP contribution in [0.2, 0.25) is 10.0 Å². The van der Waals surface area contributed by atoms with Crippen LogP contribution in [0.1, 0.15) is 43.2 Å². The van der Waals surface area contributed by atoms with Crippen LogP contribution in [-0.2, 0) is 13.2 Å². The fourth-order valence-corrected chi connectivity index (χ4v) is 3.79. The Balaban J connectivity index is 1.60. The number of halogens is 2. The Hall–Kier alpha value is -1.22. The SMILES string of the molecule is Clc1cc(CNC2CCCCC2)cc(Cl)c1OCc1ccccc1. The van der Waals surface area contributed by atoms with E-state index in [9.17, 15) is 0 Å². The maximum absolute atomic E-state index is 6.39. The Labute approximate surface area is 154 Å². The lowest BCUT2D eigenvalue weighted by Crippen LogP contribution is -2.30. The van der Waals surface area contributed by atoms with Crippen LogP contribution < -0.4 is 10.1 Å². The molecular weight excluding hydrogens is 341 g/mol. The predicted molar refractivity (Wildman–Crippen MR) is 101 cm³/mol. The van der Waals surface area contributed by atoms with E-state index in [1.54, 1.807) is 0 Å². The summed E-state index contributed by atoms with van der Waals surface area (Å²) in [7, 11) is 0. The normalized spacial score (nSPS) is 15.4. The van der Waals surface area contributed by atoms with Gasteiger partial charge in [-0.2, -0.15) is 0 Å². The molecule has 1 aliphatic carbocycles. The third-order valence-electron chi connectivity index (χ3n) is 4.48. The first-order valence-electron chi connectivity index (χ1n) is 8.60. The molecule has 0 amide bonds. The third kappa shape index (κ3) is 4.89. The van der Waals surface area contributed by atoms with Crippen LogP contribution in [-0.4, -0.2) is 6.04 Å². The van der Waals surface area contributed by atoms with Gasteiger partial charge in [0.1, 0.15) is 6.61 Å². The standard InChI is InChI=1S/C20H23Cl2NO/c21-18-11-16(13-23-17-9-5-2-6-10-17)12-19(22)20(18)24-14-15-7-3-1-4-8-15/h1,3-4,7-8,11-12,17,23H,2,5-6,9-10,13-14H2. The summed E-state index contributed by atoms with van der Waals surface area (Å²) in [6.07, 6.45) is 6.54. The zero-order valence-corrected chi connectivity index (χ0v) is 15.2. The van der Waals surface area contributed by atoms with Crippen LogP contribution in [0.25, 0.3) is 0 Å². The fraction of sp³-hybridized carbons (Fsp3) is 0.400. The van der Waals surface area contributed by atoms with E-state index in [1.807, 2.05) is 42.5 Å². The molecule has 24 heavy (non-hydrogen) atoms. The maximum atomic E-state index is 6.39. The third-order valence-corrected chi connectivity index (χ3v) is 5.05. The number of nitrogens with one attached hydrogen (secondary N) is 1. The Bertz CT molecular complexity index is 631. The largest absolute Gasteiger partial charge is 0.486 e. The zero-order valence-electron chi connectivity index (χ0n) is 13.7. The smallest absolute Gasteiger partial charge is 0.156 e. The van der Waals surface area contributed by atoms with E-state index >= 15 is 0 Å². The van der Waals surface area contributed by atoms with Gasteiger partial charge in [-0.3, -0.25) is 0 Å². The molecule has 1 fully saturated rings. The van der Waals surface area contributed by atoms with E-state index < -0.39 is 0 Å². The summed E-state index contributed by atoms with van der Waals surface area (Å²) in [6.45, 7) is 1.25. The lowest BCUT2D eigenvalue weighted by atomic mass is 9.95. The Morgan fingerprint density at radius 2 is 1.58 bits per heavy atom. The lowest BCUT2D eigenvalue weighted by Gasteiger charge is -2.23. The average Bonchev–Trinajstić information content (AvgIpc) is 2.61. The first-order valence-corrected chi connectivity index (χ1v) is 9.36. The summed E-state index contributed by atoms with van der Waals surface area (Å²) < 4.78 is 5.82. The first-order chi connectivity index (χ1) is 11.7. The molecule has 0 heterocycles. The molecule has 0 spiro atoms. The van der Waals surface area contributed by atoms with Crippen molar-refractivity contribution in [2.24, 2.45) is 0 Å². The van der Waals surface area contributed by atoms with Crippen LogP contribution in [0, 0.1) is 0 Å². The lowest BCUT2D eigenvalue weighted by molar-refractivity contribution is 0.306. The van der Waals surface area contributed by atoms with Crippen molar-refractivity contribution in [3.8, 4) is 5.75 Å². The minimum atomic E-state index is 0.458. The van der Waals surface area contributed by atoms with Crippen LogP contribution in [0.5, 0.6) is 5.75 Å². The molecule has 1 aliphatic rings. The highest BCUT2D eigenvalue weighted by Crippen LogP contribution is 2.35. The molecule has 128 valence electrons. The monoisotopic (exact) mass is 363 g/mol. The topological polar surface area (TPSA) is 21.3 Å². The number of ether oxygens (including phenoxy) is 1. The van der Waals surface area contributed by atoms with Gasteiger partial charge in [-0.1, -0.05) is 72.8 Å². The van der Waals surface area contributed by atoms with Crippen molar-refractivity contribution in [1.82, 2.24) is 5.32 Å². The van der Waals surface area contributed by atoms with E-state index in [0.29, 0.717) is 28.4 Å². The number of benzene rings is 2. The Morgan fingerprint density at radius 3 is 2.25 bits per heavy atom. The Kier molecular flexibility index (Phi) is 6.42. The van der Waals surface area contributed by atoms with Crippen molar-refractivity contribution in [2.45, 2.75) is 51.3 Å². The van der Waals surface area contributed by atoms with Crippen LogP contribution in [0.3, 0.4) is 0 Å².